The molecule has 1 unspecified atom stereocenters. The number of Topliss-reactive ketones (excluding diaryl/α,β-unsaturated/α-hetero) is 1. The summed E-state index contributed by atoms with van der Waals surface area (Å²) >= 11 is 0. The fraction of sp³-hybridized carbons (Fsp3) is 0.661. The van der Waals surface area contributed by atoms with Crippen molar-refractivity contribution in [2.45, 2.75) is 186 Å². The number of rotatable bonds is 17. The first-order valence-corrected chi connectivity index (χ1v) is 28.7. The van der Waals surface area contributed by atoms with Crippen LogP contribution in [0.5, 0.6) is 23.1 Å². The number of aromatic nitrogens is 1. The van der Waals surface area contributed by atoms with Crippen LogP contribution in [0.1, 0.15) is 112 Å². The highest BCUT2D eigenvalue weighted by atomic mass is 16.7. The predicted molar refractivity (Wildman–Crippen MR) is 292 cm³/mol. The monoisotopic (exact) mass is 1070 g/mol. The fourth-order valence-corrected chi connectivity index (χ4v) is 13.2. The summed E-state index contributed by atoms with van der Waals surface area (Å²) in [5.41, 5.74) is 0.816. The summed E-state index contributed by atoms with van der Waals surface area (Å²) in [6.45, 7) is 13.1. The van der Waals surface area contributed by atoms with Gasteiger partial charge in [0.2, 0.25) is 5.88 Å². The van der Waals surface area contributed by atoms with Crippen LogP contribution in [0.4, 0.5) is 0 Å². The molecule has 3 aliphatic heterocycles. The summed E-state index contributed by atoms with van der Waals surface area (Å²) in [6.07, 6.45) is 10.4. The zero-order valence-corrected chi connectivity index (χ0v) is 47.4. The molecule has 3 aliphatic carbocycles. The molecule has 5 fully saturated rings. The molecule has 6 aliphatic rings. The molecule has 18 atom stereocenters. The van der Waals surface area contributed by atoms with Gasteiger partial charge in [0.1, 0.15) is 54.4 Å². The van der Waals surface area contributed by atoms with Gasteiger partial charge in [-0.05, 0) is 178 Å². The zero-order chi connectivity index (χ0) is 54.6. The van der Waals surface area contributed by atoms with Crippen LogP contribution in [0.2, 0.25) is 0 Å². The van der Waals surface area contributed by atoms with Crippen LogP contribution in [-0.4, -0.2) is 137 Å². The molecule has 15 nitrogen and oxygen atoms in total. The van der Waals surface area contributed by atoms with E-state index in [-0.39, 0.29) is 97.0 Å². The Morgan fingerprint density at radius 2 is 1.49 bits per heavy atom. The molecule has 0 N–H and O–H groups in total. The number of benzene rings is 2. The number of carbonyl (C=O) groups excluding carboxylic acids is 2. The minimum absolute atomic E-state index is 0.00218. The minimum Gasteiger partial charge on any atom is -0.490 e. The lowest BCUT2D eigenvalue weighted by atomic mass is 9.66. The van der Waals surface area contributed by atoms with E-state index in [1.807, 2.05) is 100 Å². The minimum atomic E-state index is -0.568. The quantitative estimate of drug-likeness (QED) is 0.118. The summed E-state index contributed by atoms with van der Waals surface area (Å²) < 4.78 is 67.4. The number of ketones is 1. The number of hydrogen-bond acceptors (Lipinski definition) is 15. The molecule has 0 amide bonds. The number of fused-ring (bicyclic) bond motifs is 5. The highest BCUT2D eigenvalue weighted by molar-refractivity contribution is 5.99. The topological polar surface area (TPSA) is 152 Å². The smallest absolute Gasteiger partial charge is 0.306 e. The van der Waals surface area contributed by atoms with E-state index in [9.17, 15) is 9.59 Å². The van der Waals surface area contributed by atoms with Gasteiger partial charge in [0, 0.05) is 51.0 Å². The second kappa shape index (κ2) is 28.1. The summed E-state index contributed by atoms with van der Waals surface area (Å²) in [7, 11) is 7.55. The standard InChI is InChI=1S/C42H69NO10.C20H19NO3/c1-10-27-13-12-14-35(53-37-18-17-34(43(6)7)24(4)49-37)23(3)38(45)33-21-31-29(32(33)22-36(44)51-27)16-15-26-19-28(20-30(26)31)52-42-41(47-9)40(48-11-2)39(46-8)25(5)50-42;1-16(23-20-9-5-6-14-21-20)15-22-17-10-12-19(13-11-17)24-18-7-3-2-4-8-18/h21,23-32,34-35,37,39-42H,10-20,22H2,1-9H3;2-14,16H,15H2,1H3/t23-,24-,25+,26-,27+,28-,29-,30-,31-,32+,34+,35+,37+,39+,40-,41-,42+;/m1./s1. The first kappa shape index (κ1) is 58.7. The molecule has 0 spiro atoms. The molecule has 3 aromatic rings. The Labute approximate surface area is 458 Å². The zero-order valence-electron chi connectivity index (χ0n) is 47.4. The van der Waals surface area contributed by atoms with Crippen LogP contribution < -0.4 is 14.2 Å². The summed E-state index contributed by atoms with van der Waals surface area (Å²) in [4.78, 5) is 34.6. The summed E-state index contributed by atoms with van der Waals surface area (Å²) in [5, 5.41) is 0. The van der Waals surface area contributed by atoms with Crippen molar-refractivity contribution < 1.29 is 61.7 Å². The molecule has 9 rings (SSSR count). The first-order valence-electron chi connectivity index (χ1n) is 28.7. The van der Waals surface area contributed by atoms with E-state index >= 15 is 0 Å². The highest BCUT2D eigenvalue weighted by Gasteiger charge is 2.54. The number of likely N-dealkylation sites (N-methyl/N-ethyl adjacent to an activating group) is 1. The van der Waals surface area contributed by atoms with E-state index in [1.165, 1.54) is 0 Å². The average molecular weight is 1070 g/mol. The number of para-hydroxylation sites is 1. The van der Waals surface area contributed by atoms with Gasteiger partial charge in [-0.15, -0.1) is 0 Å². The SMILES string of the molecule is CC(COc1ccc(Oc2ccccc2)cc1)Oc1ccccn1.CCO[C@@H]1[C@@H](OC)[C@H](C)O[C@@H](O[C@@H]2C[C@H]3CC[C@@H]4[C@@H](C=C5C(=O)[C@H](C)[C@@H](O[C@H]6CC[C@H](N(C)C)[C@@H](C)O6)CCC[C@H](CC)OC(=O)C[C@H]54)[C@@H]3C2)[C@@H]1OC. The maximum absolute atomic E-state index is 14.7. The molecule has 0 radical (unpaired) electrons. The number of pyridine rings is 1. The largest absolute Gasteiger partial charge is 0.490 e. The molecule has 2 aromatic carbocycles. The second-order valence-corrected chi connectivity index (χ2v) is 22.4. The van der Waals surface area contributed by atoms with Gasteiger partial charge in [0.15, 0.2) is 18.4 Å². The first-order chi connectivity index (χ1) is 37.3. The molecule has 1 aromatic heterocycles. The number of hydrogen-bond donors (Lipinski definition) is 0. The number of cyclic esters (lactones) is 1. The third-order valence-corrected chi connectivity index (χ3v) is 17.1. The van der Waals surface area contributed by atoms with E-state index in [4.69, 9.17) is 52.1 Å². The molecule has 2 saturated carbocycles. The fourth-order valence-electron chi connectivity index (χ4n) is 13.2. The molecule has 15 heteroatoms. The van der Waals surface area contributed by atoms with Crippen molar-refractivity contribution in [1.29, 1.82) is 0 Å². The van der Waals surface area contributed by atoms with Crippen molar-refractivity contribution in [2.24, 2.45) is 35.5 Å². The van der Waals surface area contributed by atoms with E-state index in [0.29, 0.717) is 37.0 Å². The normalized spacial score (nSPS) is 34.8. The van der Waals surface area contributed by atoms with Crippen molar-refractivity contribution in [2.75, 3.05) is 41.5 Å². The van der Waals surface area contributed by atoms with Crippen LogP contribution in [-0.2, 0) is 47.5 Å². The van der Waals surface area contributed by atoms with Gasteiger partial charge in [0.05, 0.1) is 30.8 Å². The number of carbonyl (C=O) groups is 2. The average Bonchev–Trinajstić information content (AvgIpc) is 4.01. The molecule has 77 heavy (non-hydrogen) atoms. The Kier molecular flexibility index (Phi) is 21.4. The number of allylic oxidation sites excluding steroid dienone is 2. The van der Waals surface area contributed by atoms with Crippen molar-refractivity contribution in [3.05, 3.63) is 90.6 Å². The maximum atomic E-state index is 14.7. The summed E-state index contributed by atoms with van der Waals surface area (Å²) in [6, 6.07) is 23.1. The molecule has 4 heterocycles. The highest BCUT2D eigenvalue weighted by Crippen LogP contribution is 2.57. The van der Waals surface area contributed by atoms with Gasteiger partial charge in [-0.2, -0.15) is 0 Å². The van der Waals surface area contributed by atoms with Gasteiger partial charge in [-0.3, -0.25) is 9.59 Å². The Bertz CT molecular complexity index is 2300. The molecular formula is C62H88N2O13. The lowest BCUT2D eigenvalue weighted by Gasteiger charge is -2.44. The Hall–Kier alpha value is -4.45. The molecule has 424 valence electrons. The van der Waals surface area contributed by atoms with Gasteiger partial charge < -0.3 is 57.0 Å². The van der Waals surface area contributed by atoms with Gasteiger partial charge in [0.25, 0.3) is 0 Å². The number of ether oxygens (including phenoxy) is 11. The van der Waals surface area contributed by atoms with Crippen molar-refractivity contribution in [3.63, 3.8) is 0 Å². The molecular weight excluding hydrogens is 981 g/mol. The van der Waals surface area contributed by atoms with Gasteiger partial charge >= 0.3 is 5.97 Å². The third kappa shape index (κ3) is 15.1. The maximum Gasteiger partial charge on any atom is 0.306 e. The van der Waals surface area contributed by atoms with Crippen LogP contribution in [0.15, 0.2) is 90.6 Å². The van der Waals surface area contributed by atoms with Gasteiger partial charge in [-0.1, -0.05) is 44.2 Å². The lowest BCUT2D eigenvalue weighted by molar-refractivity contribution is -0.317. The van der Waals surface area contributed by atoms with Crippen LogP contribution >= 0.6 is 0 Å². The van der Waals surface area contributed by atoms with E-state index in [0.717, 1.165) is 87.0 Å². The van der Waals surface area contributed by atoms with Crippen molar-refractivity contribution >= 4 is 11.8 Å². The van der Waals surface area contributed by atoms with Crippen LogP contribution in [0.25, 0.3) is 0 Å². The molecule has 0 bridgehead atoms. The third-order valence-electron chi connectivity index (χ3n) is 17.1. The Morgan fingerprint density at radius 3 is 2.18 bits per heavy atom. The number of methoxy groups -OCH3 is 2. The van der Waals surface area contributed by atoms with Crippen molar-refractivity contribution in [1.82, 2.24) is 9.88 Å². The van der Waals surface area contributed by atoms with E-state index in [1.54, 1.807) is 20.4 Å². The second-order valence-electron chi connectivity index (χ2n) is 22.4. The van der Waals surface area contributed by atoms with Gasteiger partial charge in [-0.25, -0.2) is 4.98 Å². The predicted octanol–water partition coefficient (Wildman–Crippen LogP) is 10.8. The number of nitrogens with zero attached hydrogens (tertiary/aromatic N) is 2. The Morgan fingerprint density at radius 1 is 0.753 bits per heavy atom. The van der Waals surface area contributed by atoms with E-state index in [2.05, 4.69) is 43.9 Å². The number of esters is 1. The van der Waals surface area contributed by atoms with Crippen molar-refractivity contribution in [3.8, 4) is 23.1 Å². The molecule has 3 saturated heterocycles. The lowest BCUT2D eigenvalue weighted by Crippen LogP contribution is -2.60. The van der Waals surface area contributed by atoms with E-state index < -0.39 is 12.4 Å². The summed E-state index contributed by atoms with van der Waals surface area (Å²) in [5.74, 6) is 3.68. The Balaban J connectivity index is 0.000000271. The van der Waals surface area contributed by atoms with Crippen LogP contribution in [0.3, 0.4) is 0 Å². The van der Waals surface area contributed by atoms with Crippen LogP contribution in [0, 0.1) is 35.5 Å².